The summed E-state index contributed by atoms with van der Waals surface area (Å²) in [5.41, 5.74) is 3.57. The number of allylic oxidation sites excluding steroid dienone is 3. The van der Waals surface area contributed by atoms with E-state index in [9.17, 15) is 10.2 Å². The predicted octanol–water partition coefficient (Wildman–Crippen LogP) is 3.12. The molecule has 96 valence electrons. The van der Waals surface area contributed by atoms with Gasteiger partial charge in [0, 0.05) is 0 Å². The molecule has 1 rings (SSSR count). The van der Waals surface area contributed by atoms with Crippen LogP contribution in [0.15, 0.2) is 34.9 Å². The van der Waals surface area contributed by atoms with E-state index >= 15 is 0 Å². The van der Waals surface area contributed by atoms with Gasteiger partial charge in [-0.2, -0.15) is 0 Å². The van der Waals surface area contributed by atoms with Crippen LogP contribution in [0.5, 0.6) is 0 Å². The van der Waals surface area contributed by atoms with Gasteiger partial charge in [-0.1, -0.05) is 29.4 Å². The van der Waals surface area contributed by atoms with E-state index < -0.39 is 6.10 Å². The van der Waals surface area contributed by atoms with Crippen molar-refractivity contribution in [1.29, 1.82) is 0 Å². The van der Waals surface area contributed by atoms with E-state index in [1.807, 2.05) is 6.08 Å². The summed E-state index contributed by atoms with van der Waals surface area (Å²) in [4.78, 5) is 0. The van der Waals surface area contributed by atoms with Crippen LogP contribution in [0.3, 0.4) is 0 Å². The van der Waals surface area contributed by atoms with Gasteiger partial charge in [0.15, 0.2) is 0 Å². The number of hydrogen-bond donors (Lipinski definition) is 2. The van der Waals surface area contributed by atoms with Crippen molar-refractivity contribution in [3.05, 3.63) is 34.9 Å². The van der Waals surface area contributed by atoms with Gasteiger partial charge in [-0.15, -0.1) is 0 Å². The molecule has 0 radical (unpaired) electrons. The molecule has 0 saturated heterocycles. The molecule has 1 atom stereocenters. The summed E-state index contributed by atoms with van der Waals surface area (Å²) >= 11 is 0. The molecule has 0 aromatic heterocycles. The zero-order chi connectivity index (χ0) is 12.7. The quantitative estimate of drug-likeness (QED) is 0.687. The average molecular weight is 236 g/mol. The molecule has 2 N–H and O–H groups in total. The van der Waals surface area contributed by atoms with Gasteiger partial charge < -0.3 is 10.2 Å². The summed E-state index contributed by atoms with van der Waals surface area (Å²) in [7, 11) is 0. The fourth-order valence-corrected chi connectivity index (χ4v) is 2.11. The van der Waals surface area contributed by atoms with Crippen LogP contribution in [0.25, 0.3) is 0 Å². The smallest absolute Gasteiger partial charge is 0.0761 e. The highest BCUT2D eigenvalue weighted by atomic mass is 16.3. The van der Waals surface area contributed by atoms with Crippen LogP contribution in [-0.2, 0) is 0 Å². The maximum Gasteiger partial charge on any atom is 0.0761 e. The molecule has 0 aliphatic heterocycles. The first-order chi connectivity index (χ1) is 8.11. The summed E-state index contributed by atoms with van der Waals surface area (Å²) in [5, 5.41) is 19.1. The monoisotopic (exact) mass is 236 g/mol. The molecule has 2 heteroatoms. The molecule has 0 bridgehead atoms. The molecule has 0 amide bonds. The van der Waals surface area contributed by atoms with Gasteiger partial charge in [-0.25, -0.2) is 0 Å². The SMILES string of the molecule is C/C1=C\CCC(CO)=CC(O)C/C(C)=C/CC1. The predicted molar refractivity (Wildman–Crippen MR) is 71.8 cm³/mol. The molecule has 0 aromatic rings. The van der Waals surface area contributed by atoms with Crippen LogP contribution in [0, 0.1) is 0 Å². The summed E-state index contributed by atoms with van der Waals surface area (Å²) in [5.74, 6) is 0. The topological polar surface area (TPSA) is 40.5 Å². The Balaban J connectivity index is 2.78. The van der Waals surface area contributed by atoms with Crippen molar-refractivity contribution in [2.75, 3.05) is 6.61 Å². The number of hydrogen-bond acceptors (Lipinski definition) is 2. The Morgan fingerprint density at radius 1 is 1.12 bits per heavy atom. The number of aliphatic hydroxyl groups excluding tert-OH is 2. The maximum atomic E-state index is 9.87. The summed E-state index contributed by atoms with van der Waals surface area (Å²) in [6, 6.07) is 0. The molecule has 0 heterocycles. The Bertz CT molecular complexity index is 324. The Morgan fingerprint density at radius 3 is 2.47 bits per heavy atom. The molecule has 0 aromatic carbocycles. The van der Waals surface area contributed by atoms with E-state index in [2.05, 4.69) is 26.0 Å². The van der Waals surface area contributed by atoms with Crippen LogP contribution >= 0.6 is 0 Å². The van der Waals surface area contributed by atoms with E-state index in [4.69, 9.17) is 0 Å². The van der Waals surface area contributed by atoms with Gasteiger partial charge in [0.2, 0.25) is 0 Å². The lowest BCUT2D eigenvalue weighted by molar-refractivity contribution is 0.219. The second-order valence-corrected chi connectivity index (χ2v) is 4.93. The lowest BCUT2D eigenvalue weighted by Crippen LogP contribution is -2.06. The fraction of sp³-hybridized carbons (Fsp3) is 0.600. The average Bonchev–Trinajstić information content (AvgIpc) is 2.26. The van der Waals surface area contributed by atoms with Crippen molar-refractivity contribution in [1.82, 2.24) is 0 Å². The first-order valence-electron chi connectivity index (χ1n) is 6.41. The van der Waals surface area contributed by atoms with E-state index in [0.29, 0.717) is 6.42 Å². The van der Waals surface area contributed by atoms with E-state index in [-0.39, 0.29) is 6.61 Å². The van der Waals surface area contributed by atoms with Crippen molar-refractivity contribution >= 4 is 0 Å². The van der Waals surface area contributed by atoms with Crippen molar-refractivity contribution in [3.8, 4) is 0 Å². The maximum absolute atomic E-state index is 9.87. The van der Waals surface area contributed by atoms with Crippen LogP contribution in [0.2, 0.25) is 0 Å². The van der Waals surface area contributed by atoms with E-state index in [0.717, 1.165) is 31.3 Å². The minimum atomic E-state index is -0.460. The van der Waals surface area contributed by atoms with Gasteiger partial charge in [0.05, 0.1) is 12.7 Å². The van der Waals surface area contributed by atoms with Crippen molar-refractivity contribution < 1.29 is 10.2 Å². The molecular weight excluding hydrogens is 212 g/mol. The molecule has 0 fully saturated rings. The summed E-state index contributed by atoms with van der Waals surface area (Å²) in [6.07, 6.45) is 10.4. The second-order valence-electron chi connectivity index (χ2n) is 4.93. The van der Waals surface area contributed by atoms with E-state index in [1.54, 1.807) is 0 Å². The fourth-order valence-electron chi connectivity index (χ4n) is 2.11. The van der Waals surface area contributed by atoms with Gasteiger partial charge in [-0.3, -0.25) is 0 Å². The molecule has 0 saturated carbocycles. The largest absolute Gasteiger partial charge is 0.392 e. The van der Waals surface area contributed by atoms with Gasteiger partial charge in [0.25, 0.3) is 0 Å². The van der Waals surface area contributed by atoms with Crippen molar-refractivity contribution in [2.24, 2.45) is 0 Å². The number of rotatable bonds is 1. The van der Waals surface area contributed by atoms with Crippen LogP contribution in [-0.4, -0.2) is 22.9 Å². The minimum absolute atomic E-state index is 0.0483. The Kier molecular flexibility index (Phi) is 6.23. The first-order valence-corrected chi connectivity index (χ1v) is 6.41. The third-order valence-corrected chi connectivity index (χ3v) is 3.15. The van der Waals surface area contributed by atoms with Gasteiger partial charge in [-0.05, 0) is 51.5 Å². The lowest BCUT2D eigenvalue weighted by Gasteiger charge is -2.11. The molecule has 1 aliphatic rings. The van der Waals surface area contributed by atoms with Gasteiger partial charge >= 0.3 is 0 Å². The third kappa shape index (κ3) is 5.85. The third-order valence-electron chi connectivity index (χ3n) is 3.15. The molecular formula is C15H24O2. The Morgan fingerprint density at radius 2 is 1.76 bits per heavy atom. The highest BCUT2D eigenvalue weighted by Crippen LogP contribution is 2.16. The highest BCUT2D eigenvalue weighted by molar-refractivity contribution is 5.13. The standard InChI is InChI=1S/C15H24O2/c1-12-5-3-7-13(2)9-15(17)10-14(11-16)8-4-6-12/h6-7,10,15-17H,3-5,8-9,11H2,1-2H3/b12-6+,13-7+,14-10?. The Hall–Kier alpha value is -0.860. The van der Waals surface area contributed by atoms with E-state index in [1.165, 1.54) is 11.1 Å². The zero-order valence-electron chi connectivity index (χ0n) is 10.9. The second kappa shape index (κ2) is 7.46. The lowest BCUT2D eigenvalue weighted by atomic mass is 10.00. The van der Waals surface area contributed by atoms with Crippen LogP contribution < -0.4 is 0 Å². The summed E-state index contributed by atoms with van der Waals surface area (Å²) in [6.45, 7) is 4.26. The summed E-state index contributed by atoms with van der Waals surface area (Å²) < 4.78 is 0. The molecule has 0 spiro atoms. The minimum Gasteiger partial charge on any atom is -0.392 e. The highest BCUT2D eigenvalue weighted by Gasteiger charge is 2.05. The molecule has 1 unspecified atom stereocenters. The Labute approximate surface area is 104 Å². The normalized spacial score (nSPS) is 30.1. The van der Waals surface area contributed by atoms with Crippen LogP contribution in [0.1, 0.15) is 46.0 Å². The molecule has 17 heavy (non-hydrogen) atoms. The first kappa shape index (κ1) is 14.2. The number of aliphatic hydroxyl groups is 2. The molecule has 1 aliphatic carbocycles. The van der Waals surface area contributed by atoms with Crippen molar-refractivity contribution in [2.45, 2.75) is 52.1 Å². The molecule has 2 nitrogen and oxygen atoms in total. The van der Waals surface area contributed by atoms with Gasteiger partial charge in [0.1, 0.15) is 0 Å². The van der Waals surface area contributed by atoms with Crippen molar-refractivity contribution in [3.63, 3.8) is 0 Å². The zero-order valence-corrected chi connectivity index (χ0v) is 10.9. The van der Waals surface area contributed by atoms with Crippen LogP contribution in [0.4, 0.5) is 0 Å².